The van der Waals surface area contributed by atoms with Crippen molar-refractivity contribution in [1.29, 1.82) is 0 Å². The van der Waals surface area contributed by atoms with Crippen LogP contribution < -0.4 is 5.43 Å². The molecule has 0 saturated carbocycles. The number of hydrogen-bond acceptors (Lipinski definition) is 4. The Kier molecular flexibility index (Phi) is 2.96. The predicted molar refractivity (Wildman–Crippen MR) is 41.3 cm³/mol. The van der Waals surface area contributed by atoms with Crippen LogP contribution in [-0.4, -0.2) is 31.9 Å². The Balaban J connectivity index is 2.30. The summed E-state index contributed by atoms with van der Waals surface area (Å²) >= 11 is 0. The van der Waals surface area contributed by atoms with Crippen molar-refractivity contribution in [2.24, 2.45) is 0 Å². The topological polar surface area (TPSA) is 97.1 Å². The molecule has 0 aliphatic rings. The molecule has 13 heavy (non-hydrogen) atoms. The number of hydrogen-bond donors (Lipinski definition) is 2. The monoisotopic (exact) mass is 184 g/mol. The zero-order valence-corrected chi connectivity index (χ0v) is 6.67. The molecule has 1 rings (SSSR count). The van der Waals surface area contributed by atoms with Crippen molar-refractivity contribution >= 4 is 11.9 Å². The van der Waals surface area contributed by atoms with E-state index in [1.165, 1.54) is 17.3 Å². The average molecular weight is 184 g/mol. The van der Waals surface area contributed by atoms with E-state index in [-0.39, 0.29) is 18.7 Å². The van der Waals surface area contributed by atoms with Gasteiger partial charge >= 0.3 is 5.97 Å². The first-order valence-electron chi connectivity index (χ1n) is 3.55. The normalized spacial score (nSPS) is 9.54. The maximum Gasteiger partial charge on any atom is 0.303 e. The van der Waals surface area contributed by atoms with Crippen LogP contribution in [-0.2, 0) is 9.59 Å². The molecule has 0 aliphatic carbocycles. The maximum atomic E-state index is 11.0. The summed E-state index contributed by atoms with van der Waals surface area (Å²) in [7, 11) is 0. The number of carboxylic acid groups (broad SMARTS) is 1. The molecule has 7 nitrogen and oxygen atoms in total. The first kappa shape index (κ1) is 9.17. The van der Waals surface area contributed by atoms with Crippen LogP contribution >= 0.6 is 0 Å². The third-order valence-electron chi connectivity index (χ3n) is 1.24. The molecule has 0 radical (unpaired) electrons. The smallest absolute Gasteiger partial charge is 0.303 e. The molecule has 0 fully saturated rings. The molecule has 1 heterocycles. The van der Waals surface area contributed by atoms with Gasteiger partial charge in [0, 0.05) is 6.42 Å². The lowest BCUT2D eigenvalue weighted by Crippen LogP contribution is -2.21. The number of aliphatic carboxylic acids is 1. The standard InChI is InChI=1S/C6H8N4O3/c11-5(1-2-6(12)13)9-10-3-7-8-4-10/h3-4H,1-2H2,(H,9,11)(H,12,13). The molecule has 0 saturated heterocycles. The van der Waals surface area contributed by atoms with Gasteiger partial charge in [-0.05, 0) is 0 Å². The second-order valence-corrected chi connectivity index (χ2v) is 2.30. The molecule has 1 aromatic heterocycles. The zero-order chi connectivity index (χ0) is 9.68. The van der Waals surface area contributed by atoms with Crippen LogP contribution in [0.1, 0.15) is 12.8 Å². The molecule has 0 unspecified atom stereocenters. The van der Waals surface area contributed by atoms with E-state index in [9.17, 15) is 9.59 Å². The molecule has 1 aromatic rings. The number of rotatable bonds is 4. The van der Waals surface area contributed by atoms with Gasteiger partial charge in [-0.2, -0.15) is 0 Å². The molecule has 1 amide bonds. The number of carbonyl (C=O) groups is 2. The molecule has 70 valence electrons. The fourth-order valence-electron chi connectivity index (χ4n) is 0.679. The van der Waals surface area contributed by atoms with E-state index in [0.29, 0.717) is 0 Å². The molecular weight excluding hydrogens is 176 g/mol. The highest BCUT2D eigenvalue weighted by molar-refractivity contribution is 5.86. The number of nitrogens with one attached hydrogen (secondary N) is 1. The van der Waals surface area contributed by atoms with Gasteiger partial charge in [-0.15, -0.1) is 10.2 Å². The van der Waals surface area contributed by atoms with Crippen LogP contribution in [0.3, 0.4) is 0 Å². The van der Waals surface area contributed by atoms with Gasteiger partial charge in [0.15, 0.2) is 0 Å². The van der Waals surface area contributed by atoms with Crippen LogP contribution in [0.2, 0.25) is 0 Å². The van der Waals surface area contributed by atoms with Gasteiger partial charge in [-0.1, -0.05) is 0 Å². The average Bonchev–Trinajstić information content (AvgIpc) is 2.53. The van der Waals surface area contributed by atoms with Gasteiger partial charge in [0.25, 0.3) is 0 Å². The van der Waals surface area contributed by atoms with Gasteiger partial charge in [0.05, 0.1) is 6.42 Å². The fraction of sp³-hybridized carbons (Fsp3) is 0.333. The van der Waals surface area contributed by atoms with Crippen molar-refractivity contribution < 1.29 is 14.7 Å². The van der Waals surface area contributed by atoms with Crippen LogP contribution in [0.15, 0.2) is 12.7 Å². The number of amides is 1. The van der Waals surface area contributed by atoms with Crippen molar-refractivity contribution in [1.82, 2.24) is 14.9 Å². The predicted octanol–water partition coefficient (Wildman–Crippen LogP) is -0.787. The highest BCUT2D eigenvalue weighted by atomic mass is 16.4. The Hall–Kier alpha value is -1.92. The van der Waals surface area contributed by atoms with Gasteiger partial charge in [-0.3, -0.25) is 15.0 Å². The first-order chi connectivity index (χ1) is 6.18. The second-order valence-electron chi connectivity index (χ2n) is 2.30. The molecule has 7 heteroatoms. The second kappa shape index (κ2) is 4.19. The first-order valence-corrected chi connectivity index (χ1v) is 3.55. The van der Waals surface area contributed by atoms with Crippen LogP contribution in [0.4, 0.5) is 0 Å². The van der Waals surface area contributed by atoms with E-state index in [2.05, 4.69) is 15.6 Å². The van der Waals surface area contributed by atoms with E-state index < -0.39 is 5.97 Å². The highest BCUT2D eigenvalue weighted by Gasteiger charge is 2.04. The van der Waals surface area contributed by atoms with Crippen LogP contribution in [0, 0.1) is 0 Å². The Morgan fingerprint density at radius 2 is 1.92 bits per heavy atom. The van der Waals surface area contributed by atoms with E-state index in [4.69, 9.17) is 5.11 Å². The summed E-state index contributed by atoms with van der Waals surface area (Å²) in [5.41, 5.74) is 2.37. The SMILES string of the molecule is O=C(O)CCC(=O)Nn1cnnc1. The lowest BCUT2D eigenvalue weighted by molar-refractivity contribution is -0.138. The van der Waals surface area contributed by atoms with Crippen molar-refractivity contribution in [3.63, 3.8) is 0 Å². The lowest BCUT2D eigenvalue weighted by atomic mass is 10.3. The molecule has 0 aromatic carbocycles. The summed E-state index contributed by atoms with van der Waals surface area (Å²) in [6, 6.07) is 0. The van der Waals surface area contributed by atoms with Gasteiger partial charge in [0.2, 0.25) is 5.91 Å². The molecule has 0 spiro atoms. The number of carbonyl (C=O) groups excluding carboxylic acids is 1. The van der Waals surface area contributed by atoms with Crippen LogP contribution in [0.5, 0.6) is 0 Å². The number of carboxylic acids is 1. The molecule has 0 bridgehead atoms. The largest absolute Gasteiger partial charge is 0.481 e. The Labute approximate surface area is 73.4 Å². The maximum absolute atomic E-state index is 11.0. The molecule has 0 aliphatic heterocycles. The third-order valence-corrected chi connectivity index (χ3v) is 1.24. The van der Waals surface area contributed by atoms with E-state index in [1.807, 2.05) is 0 Å². The molecular formula is C6H8N4O3. The lowest BCUT2D eigenvalue weighted by Gasteiger charge is -2.01. The Bertz CT molecular complexity index is 295. The summed E-state index contributed by atoms with van der Waals surface area (Å²) < 4.78 is 1.25. The summed E-state index contributed by atoms with van der Waals surface area (Å²) in [4.78, 5) is 21.1. The highest BCUT2D eigenvalue weighted by Crippen LogP contribution is 1.89. The summed E-state index contributed by atoms with van der Waals surface area (Å²) in [6.07, 6.45) is 2.36. The van der Waals surface area contributed by atoms with Crippen LogP contribution in [0.25, 0.3) is 0 Å². The van der Waals surface area contributed by atoms with Gasteiger partial charge in [-0.25, -0.2) is 4.68 Å². The van der Waals surface area contributed by atoms with E-state index >= 15 is 0 Å². The minimum absolute atomic E-state index is 0.0620. The van der Waals surface area contributed by atoms with Crippen molar-refractivity contribution in [3.05, 3.63) is 12.7 Å². The summed E-state index contributed by atoms with van der Waals surface area (Å²) in [5, 5.41) is 15.2. The molecule has 2 N–H and O–H groups in total. The summed E-state index contributed by atoms with van der Waals surface area (Å²) in [6.45, 7) is 0. The summed E-state index contributed by atoms with van der Waals surface area (Å²) in [5.74, 6) is -1.39. The number of aromatic nitrogens is 3. The van der Waals surface area contributed by atoms with Crippen molar-refractivity contribution in [3.8, 4) is 0 Å². The third kappa shape index (κ3) is 3.32. The van der Waals surface area contributed by atoms with E-state index in [1.54, 1.807) is 0 Å². The fourth-order valence-corrected chi connectivity index (χ4v) is 0.679. The minimum atomic E-state index is -1.00. The Morgan fingerprint density at radius 3 is 2.46 bits per heavy atom. The van der Waals surface area contributed by atoms with E-state index in [0.717, 1.165) is 0 Å². The van der Waals surface area contributed by atoms with Gasteiger partial charge < -0.3 is 5.11 Å². The van der Waals surface area contributed by atoms with Crippen molar-refractivity contribution in [2.45, 2.75) is 12.8 Å². The van der Waals surface area contributed by atoms with Gasteiger partial charge in [0.1, 0.15) is 12.7 Å². The Morgan fingerprint density at radius 1 is 1.31 bits per heavy atom. The molecule has 0 atom stereocenters. The van der Waals surface area contributed by atoms with Crippen molar-refractivity contribution in [2.75, 3.05) is 5.43 Å². The minimum Gasteiger partial charge on any atom is -0.481 e. The quantitative estimate of drug-likeness (QED) is 0.639. The number of nitrogens with zero attached hydrogens (tertiary/aromatic N) is 3. The zero-order valence-electron chi connectivity index (χ0n) is 6.67.